The average Bonchev–Trinajstić information content (AvgIpc) is 3.84. The Balaban J connectivity index is 1.72. The molecule has 2 aliphatic rings. The Bertz CT molecular complexity index is 1510. The van der Waals surface area contributed by atoms with Gasteiger partial charge in [0.05, 0.1) is 24.6 Å². The number of thioether (sulfide) groups is 1. The van der Waals surface area contributed by atoms with Gasteiger partial charge in [-0.15, -0.1) is 11.8 Å². The van der Waals surface area contributed by atoms with E-state index in [1.54, 1.807) is 45.4 Å². The highest BCUT2D eigenvalue weighted by atomic mass is 32.2. The van der Waals surface area contributed by atoms with Gasteiger partial charge in [0.15, 0.2) is 6.10 Å². The molecule has 15 nitrogen and oxygen atoms in total. The summed E-state index contributed by atoms with van der Waals surface area (Å²) in [7, 11) is 7.82. The number of likely N-dealkylation sites (N-methyl/N-ethyl adjacent to an activating group) is 3. The summed E-state index contributed by atoms with van der Waals surface area (Å²) in [5, 5.41) is 20.6. The van der Waals surface area contributed by atoms with Gasteiger partial charge in [-0.25, -0.2) is 0 Å². The van der Waals surface area contributed by atoms with E-state index in [0.717, 1.165) is 0 Å². The molecule has 314 valence electrons. The minimum absolute atomic E-state index is 0.0000412. The zero-order valence-corrected chi connectivity index (χ0v) is 35.6. The van der Waals surface area contributed by atoms with Gasteiger partial charge in [-0.05, 0) is 30.4 Å². The van der Waals surface area contributed by atoms with Crippen LogP contribution in [0.15, 0.2) is 35.3 Å². The molecule has 0 aliphatic carbocycles. The maximum Gasteiger partial charge on any atom is 0.252 e. The number of hydrogen-bond donors (Lipinski definition) is 4. The quantitative estimate of drug-likeness (QED) is 0.142. The maximum absolute atomic E-state index is 14.1. The predicted molar refractivity (Wildman–Crippen MR) is 216 cm³/mol. The predicted octanol–water partition coefficient (Wildman–Crippen LogP) is 1.82. The number of amides is 4. The first kappa shape index (κ1) is 47.0. The minimum atomic E-state index is -1.24. The number of Topliss-reactive ketones (excluding diaryl/α,β-unsaturated/α-hetero) is 1. The summed E-state index contributed by atoms with van der Waals surface area (Å²) in [4.78, 5) is 75.5. The van der Waals surface area contributed by atoms with E-state index < -0.39 is 66.5 Å². The topological polar surface area (TPSA) is 188 Å². The largest absolute Gasteiger partial charge is 0.390 e. The van der Waals surface area contributed by atoms with Crippen LogP contribution in [0.2, 0.25) is 0 Å². The van der Waals surface area contributed by atoms with Gasteiger partial charge in [-0.2, -0.15) is 0 Å². The van der Waals surface area contributed by atoms with Crippen LogP contribution in [-0.4, -0.2) is 152 Å². The molecule has 0 spiro atoms. The lowest BCUT2D eigenvalue weighted by atomic mass is 9.89. The Morgan fingerprint density at radius 3 is 2.12 bits per heavy atom. The van der Waals surface area contributed by atoms with Crippen LogP contribution in [-0.2, 0) is 38.2 Å². The molecule has 4 N–H and O–H groups in total. The third-order valence-corrected chi connectivity index (χ3v) is 11.8. The molecule has 0 aromatic heterocycles. The highest BCUT2D eigenvalue weighted by Gasteiger charge is 2.49. The molecular formula is C40H64N6O9S. The van der Waals surface area contributed by atoms with Crippen LogP contribution < -0.4 is 16.0 Å². The van der Waals surface area contributed by atoms with E-state index in [4.69, 9.17) is 14.2 Å². The molecule has 1 aromatic carbocycles. The van der Waals surface area contributed by atoms with Crippen LogP contribution in [0.1, 0.15) is 66.0 Å². The first-order valence-corrected chi connectivity index (χ1v) is 20.5. The number of carbonyl (C=O) groups is 5. The Hall–Kier alpha value is -3.41. The molecule has 1 saturated heterocycles. The first-order valence-electron chi connectivity index (χ1n) is 19.5. The summed E-state index contributed by atoms with van der Waals surface area (Å²) in [6.07, 6.45) is -4.56. The van der Waals surface area contributed by atoms with Crippen molar-refractivity contribution in [2.45, 2.75) is 109 Å². The smallest absolute Gasteiger partial charge is 0.252 e. The molecule has 2 heterocycles. The number of ether oxygens (including phenoxy) is 3. The normalized spacial score (nSPS) is 22.8. The van der Waals surface area contributed by atoms with Crippen molar-refractivity contribution in [3.05, 3.63) is 35.9 Å². The van der Waals surface area contributed by atoms with Crippen LogP contribution in [0.5, 0.6) is 0 Å². The van der Waals surface area contributed by atoms with Crippen molar-refractivity contribution < 1.29 is 43.3 Å². The van der Waals surface area contributed by atoms with E-state index in [0.29, 0.717) is 29.3 Å². The third kappa shape index (κ3) is 11.4. The number of ketones is 1. The number of nitrogens with zero attached hydrogens (tertiary/aromatic N) is 3. The highest BCUT2D eigenvalue weighted by Crippen LogP contribution is 2.29. The number of aliphatic imine (C=N–C) groups is 1. The number of benzene rings is 1. The van der Waals surface area contributed by atoms with Crippen LogP contribution in [0, 0.1) is 17.8 Å². The number of methoxy groups -OCH3 is 2. The fraction of sp³-hybridized carbons (Fsp3) is 0.700. The third-order valence-electron chi connectivity index (χ3n) is 10.8. The molecule has 0 bridgehead atoms. The summed E-state index contributed by atoms with van der Waals surface area (Å²) in [5.74, 6) is -1.67. The molecule has 1 fully saturated rings. The van der Waals surface area contributed by atoms with E-state index in [1.807, 2.05) is 47.6 Å². The van der Waals surface area contributed by atoms with Gasteiger partial charge < -0.3 is 45.1 Å². The number of aliphatic hydroxyl groups is 1. The van der Waals surface area contributed by atoms with Crippen LogP contribution in [0.4, 0.5) is 0 Å². The van der Waals surface area contributed by atoms with Crippen molar-refractivity contribution in [1.29, 1.82) is 0 Å². The molecular weight excluding hydrogens is 741 g/mol. The van der Waals surface area contributed by atoms with Gasteiger partial charge in [0.25, 0.3) is 5.91 Å². The van der Waals surface area contributed by atoms with E-state index in [-0.39, 0.29) is 48.3 Å². The standard InChI is InChI=1S/C40H64N6O9S/c1-12-24(6)32(46(9)40(52)31(23(4)5)45(8)39(51)29(41-7)22(2)3)26(47)20-28(48)43-21-27-34(53-10)35(54-11)36(55-27)37(50)44-30(25-16-14-13-15-17-25)33(49)38-42-18-19-56-38/h13-17,22-24,26-27,29-32,34-36,41,47H,12,18-21H2,1-11H3,(H,43,48)(H,44,50)/t24-,26?,27+,29-,30-,31-,32-,34+,35-,36-/m0/s1. The molecule has 3 rings (SSSR count). The highest BCUT2D eigenvalue weighted by molar-refractivity contribution is 8.16. The Morgan fingerprint density at radius 1 is 0.964 bits per heavy atom. The first-order chi connectivity index (χ1) is 26.5. The molecule has 16 heteroatoms. The van der Waals surface area contributed by atoms with Crippen molar-refractivity contribution in [3.63, 3.8) is 0 Å². The average molecular weight is 805 g/mol. The van der Waals surface area contributed by atoms with E-state index >= 15 is 0 Å². The summed E-state index contributed by atoms with van der Waals surface area (Å²) in [6, 6.07) is 5.89. The van der Waals surface area contributed by atoms with Crippen molar-refractivity contribution in [3.8, 4) is 0 Å². The zero-order valence-electron chi connectivity index (χ0n) is 34.8. The number of aliphatic hydroxyl groups excluding tert-OH is 1. The van der Waals surface area contributed by atoms with Gasteiger partial charge in [-0.3, -0.25) is 29.0 Å². The van der Waals surface area contributed by atoms with Crippen molar-refractivity contribution in [1.82, 2.24) is 25.8 Å². The molecule has 0 saturated carbocycles. The summed E-state index contributed by atoms with van der Waals surface area (Å²) in [5.41, 5.74) is 0.593. The lowest BCUT2D eigenvalue weighted by Gasteiger charge is -2.41. The lowest BCUT2D eigenvalue weighted by molar-refractivity contribution is -0.151. The van der Waals surface area contributed by atoms with Crippen LogP contribution in [0.25, 0.3) is 0 Å². The molecule has 4 amide bonds. The molecule has 1 unspecified atom stereocenters. The molecule has 0 radical (unpaired) electrons. The minimum Gasteiger partial charge on any atom is -0.390 e. The fourth-order valence-corrected chi connectivity index (χ4v) is 8.45. The number of hydrogen-bond acceptors (Lipinski definition) is 12. The number of rotatable bonds is 21. The van der Waals surface area contributed by atoms with E-state index in [2.05, 4.69) is 20.9 Å². The Morgan fingerprint density at radius 2 is 1.61 bits per heavy atom. The number of carbonyl (C=O) groups excluding carboxylic acids is 5. The van der Waals surface area contributed by atoms with E-state index in [9.17, 15) is 29.1 Å². The second kappa shape index (κ2) is 21.9. The SMILES string of the molecule is CC[C@H](C)[C@@H](C(O)CC(=O)NC[C@H]1O[C@H](C(=O)N[C@H](C(=O)C2=NCCS2)c2ccccc2)[C@@H](OC)[C@@H]1OC)N(C)C(=O)[C@H](C(C)C)N(C)C(=O)[C@@H](NC)C(C)C. The molecule has 56 heavy (non-hydrogen) atoms. The summed E-state index contributed by atoms with van der Waals surface area (Å²) >= 11 is 1.35. The van der Waals surface area contributed by atoms with Gasteiger partial charge in [0, 0.05) is 47.2 Å². The van der Waals surface area contributed by atoms with E-state index in [1.165, 1.54) is 35.8 Å². The zero-order chi connectivity index (χ0) is 41.9. The summed E-state index contributed by atoms with van der Waals surface area (Å²) in [6.45, 7) is 11.9. The molecule has 2 aliphatic heterocycles. The number of nitrogens with one attached hydrogen (secondary N) is 3. The van der Waals surface area contributed by atoms with Gasteiger partial charge >= 0.3 is 0 Å². The second-order valence-corrected chi connectivity index (χ2v) is 16.4. The Kier molecular flexibility index (Phi) is 18.4. The van der Waals surface area contributed by atoms with Gasteiger partial charge in [0.2, 0.25) is 23.5 Å². The van der Waals surface area contributed by atoms with Crippen molar-refractivity contribution in [2.75, 3.05) is 54.2 Å². The second-order valence-electron chi connectivity index (χ2n) is 15.3. The maximum atomic E-state index is 14.1. The van der Waals surface area contributed by atoms with Crippen molar-refractivity contribution >= 4 is 46.2 Å². The van der Waals surface area contributed by atoms with Crippen LogP contribution >= 0.6 is 11.8 Å². The van der Waals surface area contributed by atoms with Gasteiger partial charge in [0.1, 0.15) is 35.4 Å². The van der Waals surface area contributed by atoms with Crippen molar-refractivity contribution in [2.24, 2.45) is 22.7 Å². The van der Waals surface area contributed by atoms with Crippen LogP contribution in [0.3, 0.4) is 0 Å². The van der Waals surface area contributed by atoms with Gasteiger partial charge in [-0.1, -0.05) is 78.3 Å². The fourth-order valence-electron chi connectivity index (χ4n) is 7.63. The lowest BCUT2D eigenvalue weighted by Crippen LogP contribution is -2.59. The molecule has 1 aromatic rings. The summed E-state index contributed by atoms with van der Waals surface area (Å²) < 4.78 is 17.5. The monoisotopic (exact) mass is 804 g/mol. The Labute approximate surface area is 336 Å². The molecule has 10 atom stereocenters.